The molecule has 0 aliphatic rings. The summed E-state index contributed by atoms with van der Waals surface area (Å²) in [7, 11) is 0. The number of fused-ring (bicyclic) bond motifs is 3. The third-order valence-electron chi connectivity index (χ3n) is 4.79. The Hall–Kier alpha value is -3.06. The molecule has 4 rings (SSSR count). The molecular formula is C22H18F3N3S. The van der Waals surface area contributed by atoms with Crippen molar-refractivity contribution in [3.63, 3.8) is 0 Å². The van der Waals surface area contributed by atoms with Crippen molar-refractivity contribution in [1.29, 1.82) is 0 Å². The maximum atomic E-state index is 12.9. The van der Waals surface area contributed by atoms with Gasteiger partial charge in [-0.2, -0.15) is 13.2 Å². The highest BCUT2D eigenvalue weighted by atomic mass is 32.1. The highest BCUT2D eigenvalue weighted by Gasteiger charge is 2.30. The van der Waals surface area contributed by atoms with Crippen molar-refractivity contribution in [2.45, 2.75) is 19.6 Å². The lowest BCUT2D eigenvalue weighted by Crippen LogP contribution is -2.19. The van der Waals surface area contributed by atoms with E-state index in [0.717, 1.165) is 46.2 Å². The van der Waals surface area contributed by atoms with Crippen LogP contribution in [0.4, 0.5) is 24.5 Å². The standard InChI is InChI=1S/C22H18F3N3S/c1-2-28-19-9-4-3-8-17(19)18-13-16(10-11-20(18)28)27-21(29)26-15-7-5-6-14(12-15)22(23,24)25/h3-13H,2H2,1H3,(H2,26,27,29). The van der Waals surface area contributed by atoms with Gasteiger partial charge in [-0.05, 0) is 61.6 Å². The number of aromatic nitrogens is 1. The van der Waals surface area contributed by atoms with E-state index in [9.17, 15) is 13.2 Å². The van der Waals surface area contributed by atoms with E-state index >= 15 is 0 Å². The van der Waals surface area contributed by atoms with E-state index in [1.807, 2.05) is 30.3 Å². The smallest absolute Gasteiger partial charge is 0.341 e. The first-order valence-electron chi connectivity index (χ1n) is 9.13. The molecule has 3 nitrogen and oxygen atoms in total. The zero-order valence-electron chi connectivity index (χ0n) is 15.5. The molecular weight excluding hydrogens is 395 g/mol. The maximum Gasteiger partial charge on any atom is 0.416 e. The van der Waals surface area contributed by atoms with E-state index in [-0.39, 0.29) is 10.8 Å². The van der Waals surface area contributed by atoms with Crippen molar-refractivity contribution >= 4 is 50.5 Å². The van der Waals surface area contributed by atoms with Crippen molar-refractivity contribution in [2.75, 3.05) is 10.6 Å². The molecule has 0 spiro atoms. The number of aryl methyl sites for hydroxylation is 1. The second kappa shape index (κ2) is 7.40. The van der Waals surface area contributed by atoms with E-state index in [2.05, 4.69) is 34.3 Å². The number of halogens is 3. The van der Waals surface area contributed by atoms with Gasteiger partial charge < -0.3 is 15.2 Å². The number of hydrogen-bond donors (Lipinski definition) is 2. The summed E-state index contributed by atoms with van der Waals surface area (Å²) in [4.78, 5) is 0. The molecule has 0 atom stereocenters. The summed E-state index contributed by atoms with van der Waals surface area (Å²) in [5, 5.41) is 8.34. The van der Waals surface area contributed by atoms with E-state index < -0.39 is 11.7 Å². The van der Waals surface area contributed by atoms with Crippen LogP contribution in [0.5, 0.6) is 0 Å². The van der Waals surface area contributed by atoms with E-state index in [1.54, 1.807) is 6.07 Å². The first-order valence-corrected chi connectivity index (χ1v) is 9.54. The predicted octanol–water partition coefficient (Wildman–Crippen LogP) is 6.64. The predicted molar refractivity (Wildman–Crippen MR) is 116 cm³/mol. The zero-order chi connectivity index (χ0) is 20.6. The summed E-state index contributed by atoms with van der Waals surface area (Å²) in [6, 6.07) is 19.1. The quantitative estimate of drug-likeness (QED) is 0.369. The number of thiocarbonyl (C=S) groups is 1. The molecule has 7 heteroatoms. The van der Waals surface area contributed by atoms with Gasteiger partial charge in [-0.15, -0.1) is 0 Å². The number of alkyl halides is 3. The van der Waals surface area contributed by atoms with Crippen LogP contribution in [0.2, 0.25) is 0 Å². The van der Waals surface area contributed by atoms with E-state index in [4.69, 9.17) is 12.2 Å². The summed E-state index contributed by atoms with van der Waals surface area (Å²) in [5.41, 5.74) is 2.60. The third-order valence-corrected chi connectivity index (χ3v) is 5.00. The van der Waals surface area contributed by atoms with Crippen LogP contribution in [-0.2, 0) is 12.7 Å². The van der Waals surface area contributed by atoms with Gasteiger partial charge in [0.2, 0.25) is 0 Å². The van der Waals surface area contributed by atoms with Crippen LogP contribution in [0.25, 0.3) is 21.8 Å². The normalized spacial score (nSPS) is 11.7. The molecule has 0 saturated heterocycles. The fourth-order valence-corrected chi connectivity index (χ4v) is 3.77. The molecule has 0 radical (unpaired) electrons. The topological polar surface area (TPSA) is 29.0 Å². The number of anilines is 2. The zero-order valence-corrected chi connectivity index (χ0v) is 16.4. The van der Waals surface area contributed by atoms with Crippen molar-refractivity contribution in [1.82, 2.24) is 4.57 Å². The van der Waals surface area contributed by atoms with Gasteiger partial charge in [0.15, 0.2) is 5.11 Å². The van der Waals surface area contributed by atoms with Crippen LogP contribution in [-0.4, -0.2) is 9.68 Å². The Morgan fingerprint density at radius 2 is 1.55 bits per heavy atom. The first kappa shape index (κ1) is 19.3. The summed E-state index contributed by atoms with van der Waals surface area (Å²) in [6.45, 7) is 2.96. The number of benzene rings is 3. The minimum atomic E-state index is -4.40. The van der Waals surface area contributed by atoms with Gasteiger partial charge in [0, 0.05) is 39.7 Å². The summed E-state index contributed by atoms with van der Waals surface area (Å²) in [5.74, 6) is 0. The van der Waals surface area contributed by atoms with Crippen LogP contribution < -0.4 is 10.6 Å². The third kappa shape index (κ3) is 3.78. The second-order valence-corrected chi connectivity index (χ2v) is 7.06. The lowest BCUT2D eigenvalue weighted by atomic mass is 10.1. The van der Waals surface area contributed by atoms with Crippen molar-refractivity contribution in [2.24, 2.45) is 0 Å². The van der Waals surface area contributed by atoms with Gasteiger partial charge in [-0.3, -0.25) is 0 Å². The molecule has 0 amide bonds. The van der Waals surface area contributed by atoms with Gasteiger partial charge >= 0.3 is 6.18 Å². The minimum Gasteiger partial charge on any atom is -0.341 e. The molecule has 0 bridgehead atoms. The van der Waals surface area contributed by atoms with E-state index in [1.165, 1.54) is 6.07 Å². The Kier molecular flexibility index (Phi) is 4.92. The number of nitrogens with one attached hydrogen (secondary N) is 2. The average molecular weight is 413 g/mol. The number of para-hydroxylation sites is 1. The Morgan fingerprint density at radius 3 is 2.28 bits per heavy atom. The van der Waals surface area contributed by atoms with Crippen LogP contribution in [0.15, 0.2) is 66.7 Å². The first-order chi connectivity index (χ1) is 13.9. The monoisotopic (exact) mass is 413 g/mol. The number of rotatable bonds is 3. The van der Waals surface area contributed by atoms with Gasteiger partial charge in [0.05, 0.1) is 5.56 Å². The molecule has 2 N–H and O–H groups in total. The van der Waals surface area contributed by atoms with Crippen LogP contribution in [0.3, 0.4) is 0 Å². The Bertz CT molecular complexity index is 1210. The van der Waals surface area contributed by atoms with Gasteiger partial charge in [0.25, 0.3) is 0 Å². The summed E-state index contributed by atoms with van der Waals surface area (Å²) < 4.78 is 40.9. The van der Waals surface area contributed by atoms with Crippen LogP contribution in [0.1, 0.15) is 12.5 Å². The van der Waals surface area contributed by atoms with E-state index in [0.29, 0.717) is 0 Å². The second-order valence-electron chi connectivity index (χ2n) is 6.65. The van der Waals surface area contributed by atoms with Crippen molar-refractivity contribution < 1.29 is 13.2 Å². The fourth-order valence-electron chi connectivity index (χ4n) is 3.54. The molecule has 1 aromatic heterocycles. The van der Waals surface area contributed by atoms with Gasteiger partial charge in [0.1, 0.15) is 0 Å². The minimum absolute atomic E-state index is 0.225. The molecule has 4 aromatic rings. The highest BCUT2D eigenvalue weighted by Crippen LogP contribution is 2.32. The largest absolute Gasteiger partial charge is 0.416 e. The lowest BCUT2D eigenvalue weighted by Gasteiger charge is -2.13. The van der Waals surface area contributed by atoms with Crippen molar-refractivity contribution in [3.8, 4) is 0 Å². The van der Waals surface area contributed by atoms with Gasteiger partial charge in [-0.1, -0.05) is 24.3 Å². The Morgan fingerprint density at radius 1 is 0.862 bits per heavy atom. The molecule has 0 aliphatic carbocycles. The molecule has 0 fully saturated rings. The molecule has 1 heterocycles. The van der Waals surface area contributed by atoms with Gasteiger partial charge in [-0.25, -0.2) is 0 Å². The Balaban J connectivity index is 1.60. The maximum absolute atomic E-state index is 12.9. The summed E-state index contributed by atoms with van der Waals surface area (Å²) in [6.07, 6.45) is -4.40. The SMILES string of the molecule is CCn1c2ccccc2c2cc(NC(=S)Nc3cccc(C(F)(F)F)c3)ccc21. The van der Waals surface area contributed by atoms with Crippen LogP contribution >= 0.6 is 12.2 Å². The highest BCUT2D eigenvalue weighted by molar-refractivity contribution is 7.80. The fraction of sp³-hybridized carbons (Fsp3) is 0.136. The Labute approximate surface area is 171 Å². The summed E-state index contributed by atoms with van der Waals surface area (Å²) >= 11 is 5.29. The molecule has 0 unspecified atom stereocenters. The molecule has 148 valence electrons. The van der Waals surface area contributed by atoms with Crippen LogP contribution in [0, 0.1) is 0 Å². The molecule has 3 aromatic carbocycles. The average Bonchev–Trinajstić information content (AvgIpc) is 3.00. The molecule has 0 aliphatic heterocycles. The molecule has 0 saturated carbocycles. The lowest BCUT2D eigenvalue weighted by molar-refractivity contribution is -0.137. The number of nitrogens with zero attached hydrogens (tertiary/aromatic N) is 1. The molecule has 29 heavy (non-hydrogen) atoms. The van der Waals surface area contributed by atoms with Crippen molar-refractivity contribution in [3.05, 3.63) is 72.3 Å². The number of hydrogen-bond acceptors (Lipinski definition) is 1.